The van der Waals surface area contributed by atoms with Crippen molar-refractivity contribution >= 4 is 0 Å². The molecule has 1 N–H and O–H groups in total. The van der Waals surface area contributed by atoms with Crippen molar-refractivity contribution in [2.75, 3.05) is 32.8 Å². The summed E-state index contributed by atoms with van der Waals surface area (Å²) in [5.41, 5.74) is -0.183. The molecule has 0 radical (unpaired) electrons. The first kappa shape index (κ1) is 13.3. The lowest BCUT2D eigenvalue weighted by atomic mass is 9.94. The van der Waals surface area contributed by atoms with Gasteiger partial charge < -0.3 is 9.84 Å². The second-order valence-corrected chi connectivity index (χ2v) is 6.01. The number of hydrogen-bond donors (Lipinski definition) is 1. The lowest BCUT2D eigenvalue weighted by Gasteiger charge is -2.48. The number of rotatable bonds is 2. The molecule has 0 spiro atoms. The van der Waals surface area contributed by atoms with Crippen LogP contribution in [0.4, 0.5) is 0 Å². The SMILES string of the molecule is CC(C)N1CCN([C@@]2(C)COC[C@H]2O)C[C@@H]1C. The molecule has 2 heterocycles. The zero-order chi connectivity index (χ0) is 12.6. The highest BCUT2D eigenvalue weighted by atomic mass is 16.5. The van der Waals surface area contributed by atoms with Crippen molar-refractivity contribution in [2.45, 2.75) is 51.4 Å². The number of aliphatic hydroxyl groups excluding tert-OH is 1. The van der Waals surface area contributed by atoms with Gasteiger partial charge in [-0.15, -0.1) is 0 Å². The van der Waals surface area contributed by atoms with Gasteiger partial charge in [0.05, 0.1) is 24.9 Å². The molecule has 0 saturated carbocycles. The fourth-order valence-corrected chi connectivity index (χ4v) is 3.16. The standard InChI is InChI=1S/C13H26N2O2/c1-10(2)15-6-5-14(7-11(15)3)13(4)9-17-8-12(13)16/h10-12,16H,5-9H2,1-4H3/t11-,12+,13-/m0/s1. The molecule has 0 aromatic carbocycles. The van der Waals surface area contributed by atoms with Gasteiger partial charge in [0.2, 0.25) is 0 Å². The van der Waals surface area contributed by atoms with Crippen LogP contribution in [-0.4, -0.2) is 71.5 Å². The van der Waals surface area contributed by atoms with Crippen LogP contribution in [0.5, 0.6) is 0 Å². The maximum Gasteiger partial charge on any atom is 0.0976 e. The Morgan fingerprint density at radius 3 is 2.53 bits per heavy atom. The molecular formula is C13H26N2O2. The van der Waals surface area contributed by atoms with E-state index in [0.717, 1.165) is 19.6 Å². The number of hydrogen-bond acceptors (Lipinski definition) is 4. The van der Waals surface area contributed by atoms with Crippen molar-refractivity contribution in [3.63, 3.8) is 0 Å². The van der Waals surface area contributed by atoms with Gasteiger partial charge in [-0.2, -0.15) is 0 Å². The molecule has 3 atom stereocenters. The monoisotopic (exact) mass is 242 g/mol. The number of nitrogens with zero attached hydrogens (tertiary/aromatic N) is 2. The lowest BCUT2D eigenvalue weighted by molar-refractivity contribution is -0.0402. The molecule has 0 aromatic rings. The summed E-state index contributed by atoms with van der Waals surface area (Å²) >= 11 is 0. The van der Waals surface area contributed by atoms with E-state index in [1.165, 1.54) is 0 Å². The predicted molar refractivity (Wildman–Crippen MR) is 68.1 cm³/mol. The first-order chi connectivity index (χ1) is 7.95. The largest absolute Gasteiger partial charge is 0.389 e. The van der Waals surface area contributed by atoms with E-state index in [2.05, 4.69) is 37.5 Å². The van der Waals surface area contributed by atoms with Crippen LogP contribution in [0.25, 0.3) is 0 Å². The minimum atomic E-state index is -0.347. The quantitative estimate of drug-likeness (QED) is 0.767. The van der Waals surface area contributed by atoms with Gasteiger partial charge in [-0.1, -0.05) is 0 Å². The number of aliphatic hydroxyl groups is 1. The minimum absolute atomic E-state index is 0.183. The summed E-state index contributed by atoms with van der Waals surface area (Å²) in [7, 11) is 0. The molecule has 0 unspecified atom stereocenters. The van der Waals surface area contributed by atoms with Crippen LogP contribution < -0.4 is 0 Å². The van der Waals surface area contributed by atoms with E-state index in [4.69, 9.17) is 4.74 Å². The van der Waals surface area contributed by atoms with Gasteiger partial charge in [0.15, 0.2) is 0 Å². The van der Waals surface area contributed by atoms with E-state index < -0.39 is 0 Å². The van der Waals surface area contributed by atoms with Crippen LogP contribution in [-0.2, 0) is 4.74 Å². The van der Waals surface area contributed by atoms with E-state index in [1.807, 2.05) is 0 Å². The average molecular weight is 242 g/mol. The fourth-order valence-electron chi connectivity index (χ4n) is 3.16. The van der Waals surface area contributed by atoms with Crippen LogP contribution in [0.3, 0.4) is 0 Å². The third kappa shape index (κ3) is 2.36. The van der Waals surface area contributed by atoms with E-state index in [9.17, 15) is 5.11 Å². The summed E-state index contributed by atoms with van der Waals surface area (Å²) in [5.74, 6) is 0. The molecule has 2 saturated heterocycles. The smallest absolute Gasteiger partial charge is 0.0976 e. The first-order valence-corrected chi connectivity index (χ1v) is 6.72. The van der Waals surface area contributed by atoms with Gasteiger partial charge in [-0.05, 0) is 27.7 Å². The zero-order valence-electron chi connectivity index (χ0n) is 11.5. The van der Waals surface area contributed by atoms with Crippen molar-refractivity contribution in [1.29, 1.82) is 0 Å². The van der Waals surface area contributed by atoms with Gasteiger partial charge >= 0.3 is 0 Å². The summed E-state index contributed by atoms with van der Waals surface area (Å²) in [5, 5.41) is 10.1. The zero-order valence-corrected chi connectivity index (χ0v) is 11.5. The molecule has 0 aromatic heterocycles. The van der Waals surface area contributed by atoms with Crippen LogP contribution in [0.2, 0.25) is 0 Å². The molecule has 4 heteroatoms. The van der Waals surface area contributed by atoms with E-state index >= 15 is 0 Å². The molecule has 0 bridgehead atoms. The van der Waals surface area contributed by atoms with Crippen molar-refractivity contribution < 1.29 is 9.84 Å². The van der Waals surface area contributed by atoms with Crippen LogP contribution >= 0.6 is 0 Å². The first-order valence-electron chi connectivity index (χ1n) is 6.72. The van der Waals surface area contributed by atoms with Gasteiger partial charge in [0.1, 0.15) is 0 Å². The molecule has 2 aliphatic rings. The summed E-state index contributed by atoms with van der Waals surface area (Å²) in [6.07, 6.45) is -0.347. The Labute approximate surface area is 105 Å². The Kier molecular flexibility index (Phi) is 3.78. The number of piperazine rings is 1. The normalized spacial score (nSPS) is 41.3. The van der Waals surface area contributed by atoms with Crippen molar-refractivity contribution in [3.8, 4) is 0 Å². The topological polar surface area (TPSA) is 35.9 Å². The maximum absolute atomic E-state index is 10.1. The molecule has 17 heavy (non-hydrogen) atoms. The number of ether oxygens (including phenoxy) is 1. The van der Waals surface area contributed by atoms with E-state index in [-0.39, 0.29) is 11.6 Å². The van der Waals surface area contributed by atoms with Gasteiger partial charge in [-0.25, -0.2) is 0 Å². The second-order valence-electron chi connectivity index (χ2n) is 6.01. The Morgan fingerprint density at radius 1 is 1.35 bits per heavy atom. The van der Waals surface area contributed by atoms with Crippen LogP contribution in [0.15, 0.2) is 0 Å². The van der Waals surface area contributed by atoms with Crippen molar-refractivity contribution in [1.82, 2.24) is 9.80 Å². The van der Waals surface area contributed by atoms with Crippen molar-refractivity contribution in [2.24, 2.45) is 0 Å². The van der Waals surface area contributed by atoms with Crippen molar-refractivity contribution in [3.05, 3.63) is 0 Å². The maximum atomic E-state index is 10.1. The minimum Gasteiger partial charge on any atom is -0.389 e. The Bertz CT molecular complexity index is 272. The summed E-state index contributed by atoms with van der Waals surface area (Å²) < 4.78 is 5.43. The molecule has 2 fully saturated rings. The molecule has 2 rings (SSSR count). The third-order valence-corrected chi connectivity index (χ3v) is 4.45. The third-order valence-electron chi connectivity index (χ3n) is 4.45. The average Bonchev–Trinajstić information content (AvgIpc) is 2.60. The molecule has 0 aliphatic carbocycles. The Balaban J connectivity index is 2.02. The van der Waals surface area contributed by atoms with Crippen LogP contribution in [0.1, 0.15) is 27.7 Å². The molecular weight excluding hydrogens is 216 g/mol. The lowest BCUT2D eigenvalue weighted by Crippen LogP contribution is -2.63. The summed E-state index contributed by atoms with van der Waals surface area (Å²) in [6, 6.07) is 1.15. The highest BCUT2D eigenvalue weighted by Gasteiger charge is 2.45. The molecule has 2 aliphatic heterocycles. The van der Waals surface area contributed by atoms with E-state index in [1.54, 1.807) is 0 Å². The fraction of sp³-hybridized carbons (Fsp3) is 1.00. The summed E-state index contributed by atoms with van der Waals surface area (Å²) in [6.45, 7) is 13.2. The Morgan fingerprint density at radius 2 is 2.06 bits per heavy atom. The highest BCUT2D eigenvalue weighted by molar-refractivity contribution is 5.00. The molecule has 4 nitrogen and oxygen atoms in total. The Hall–Kier alpha value is -0.160. The summed E-state index contributed by atoms with van der Waals surface area (Å²) in [4.78, 5) is 4.94. The van der Waals surface area contributed by atoms with Crippen LogP contribution in [0, 0.1) is 0 Å². The predicted octanol–water partition coefficient (Wildman–Crippen LogP) is 0.551. The highest BCUT2D eigenvalue weighted by Crippen LogP contribution is 2.29. The van der Waals surface area contributed by atoms with Gasteiger partial charge in [-0.3, -0.25) is 9.80 Å². The molecule has 100 valence electrons. The molecule has 0 amide bonds. The second kappa shape index (κ2) is 4.84. The van der Waals surface area contributed by atoms with Gasteiger partial charge in [0.25, 0.3) is 0 Å². The van der Waals surface area contributed by atoms with E-state index in [0.29, 0.717) is 25.3 Å². The van der Waals surface area contributed by atoms with Gasteiger partial charge in [0, 0.05) is 31.7 Å².